The Morgan fingerprint density at radius 1 is 0.882 bits per heavy atom. The lowest BCUT2D eigenvalue weighted by Crippen LogP contribution is -2.33. The molecular formula is C22H22F6O5S. The molecule has 1 N–H and O–H groups in total. The standard InChI is InChI=1S/C22H22F6O5S/c1-6-15-7-9-16(10-8-15)32-13(4)14(5)33-19-11(2)12(3)20(34(29,30)31)18(22(26,27)28)17(19)21(23,24)25/h6-10,13-14H,1H2,2-5H3,(H,29,30,31). The molecule has 5 nitrogen and oxygen atoms in total. The molecule has 0 fully saturated rings. The second-order valence-corrected chi connectivity index (χ2v) is 8.91. The Bertz CT molecular complexity index is 1170. The average Bonchev–Trinajstić information content (AvgIpc) is 2.68. The van der Waals surface area contributed by atoms with Crippen LogP contribution >= 0.6 is 0 Å². The van der Waals surface area contributed by atoms with Gasteiger partial charge in [0.05, 0.1) is 5.56 Å². The van der Waals surface area contributed by atoms with Gasteiger partial charge in [-0.25, -0.2) is 0 Å². The first-order valence-corrected chi connectivity index (χ1v) is 11.2. The third-order valence-corrected chi connectivity index (χ3v) is 6.20. The molecule has 0 amide bonds. The van der Waals surface area contributed by atoms with E-state index >= 15 is 0 Å². The minimum Gasteiger partial charge on any atom is -0.487 e. The lowest BCUT2D eigenvalue weighted by atomic mass is 9.96. The Kier molecular flexibility index (Phi) is 7.68. The molecule has 0 radical (unpaired) electrons. The van der Waals surface area contributed by atoms with Crippen molar-refractivity contribution in [2.75, 3.05) is 0 Å². The summed E-state index contributed by atoms with van der Waals surface area (Å²) in [6.45, 7) is 8.16. The zero-order valence-electron chi connectivity index (χ0n) is 18.5. The highest BCUT2D eigenvalue weighted by atomic mass is 32.2. The molecule has 2 atom stereocenters. The second-order valence-electron chi connectivity index (χ2n) is 7.55. The fourth-order valence-electron chi connectivity index (χ4n) is 3.23. The van der Waals surface area contributed by atoms with Crippen LogP contribution in [0.2, 0.25) is 0 Å². The fourth-order valence-corrected chi connectivity index (χ4v) is 4.24. The number of benzene rings is 2. The van der Waals surface area contributed by atoms with Crippen molar-refractivity contribution in [3.63, 3.8) is 0 Å². The smallest absolute Gasteiger partial charge is 0.420 e. The molecule has 0 aromatic heterocycles. The molecule has 34 heavy (non-hydrogen) atoms. The van der Waals surface area contributed by atoms with Gasteiger partial charge in [-0.3, -0.25) is 4.55 Å². The molecule has 0 aliphatic heterocycles. The van der Waals surface area contributed by atoms with Crippen LogP contribution in [0.3, 0.4) is 0 Å². The van der Waals surface area contributed by atoms with Gasteiger partial charge < -0.3 is 9.47 Å². The first-order valence-electron chi connectivity index (χ1n) is 9.74. The van der Waals surface area contributed by atoms with Crippen LogP contribution < -0.4 is 9.47 Å². The molecule has 2 aromatic carbocycles. The van der Waals surface area contributed by atoms with Crippen molar-refractivity contribution in [2.24, 2.45) is 0 Å². The Morgan fingerprint density at radius 2 is 1.35 bits per heavy atom. The van der Waals surface area contributed by atoms with E-state index in [4.69, 9.17) is 9.47 Å². The quantitative estimate of drug-likeness (QED) is 0.340. The third kappa shape index (κ3) is 5.84. The summed E-state index contributed by atoms with van der Waals surface area (Å²) in [7, 11) is -5.67. The summed E-state index contributed by atoms with van der Waals surface area (Å²) >= 11 is 0. The summed E-state index contributed by atoms with van der Waals surface area (Å²) in [4.78, 5) is -1.86. The Hall–Kier alpha value is -2.73. The van der Waals surface area contributed by atoms with Gasteiger partial charge in [0.25, 0.3) is 10.1 Å². The molecule has 0 bridgehead atoms. The van der Waals surface area contributed by atoms with Crippen LogP contribution in [-0.4, -0.2) is 25.2 Å². The van der Waals surface area contributed by atoms with Crippen molar-refractivity contribution in [1.29, 1.82) is 0 Å². The van der Waals surface area contributed by atoms with Gasteiger partial charge in [-0.15, -0.1) is 0 Å². The topological polar surface area (TPSA) is 72.8 Å². The van der Waals surface area contributed by atoms with Gasteiger partial charge in [0.1, 0.15) is 34.2 Å². The lowest BCUT2D eigenvalue weighted by molar-refractivity contribution is -0.165. The maximum absolute atomic E-state index is 13.9. The minimum atomic E-state index is -5.77. The number of alkyl halides is 6. The maximum atomic E-state index is 13.9. The van der Waals surface area contributed by atoms with Crippen LogP contribution in [0.5, 0.6) is 11.5 Å². The SMILES string of the molecule is C=Cc1ccc(OC(C)C(C)Oc2c(C)c(C)c(S(=O)(=O)O)c(C(F)(F)F)c2C(F)(F)F)cc1. The highest BCUT2D eigenvalue weighted by Crippen LogP contribution is 2.50. The zero-order valence-corrected chi connectivity index (χ0v) is 19.3. The largest absolute Gasteiger partial charge is 0.487 e. The lowest BCUT2D eigenvalue weighted by Gasteiger charge is -2.29. The van der Waals surface area contributed by atoms with Gasteiger partial charge in [0, 0.05) is 0 Å². The monoisotopic (exact) mass is 512 g/mol. The highest BCUT2D eigenvalue weighted by molar-refractivity contribution is 7.86. The Balaban J connectivity index is 2.64. The van der Waals surface area contributed by atoms with Crippen molar-refractivity contribution in [2.45, 2.75) is 57.2 Å². The molecule has 0 aliphatic carbocycles. The van der Waals surface area contributed by atoms with E-state index in [2.05, 4.69) is 6.58 Å². The normalized spacial score (nSPS) is 14.4. The van der Waals surface area contributed by atoms with Gasteiger partial charge in [0.2, 0.25) is 0 Å². The van der Waals surface area contributed by atoms with Crippen LogP contribution in [-0.2, 0) is 22.5 Å². The molecule has 0 saturated heterocycles. The number of halogens is 6. The molecule has 12 heteroatoms. The molecule has 2 rings (SSSR count). The third-order valence-electron chi connectivity index (χ3n) is 5.18. The number of ether oxygens (including phenoxy) is 2. The van der Waals surface area contributed by atoms with Crippen molar-refractivity contribution in [3.8, 4) is 11.5 Å². The predicted molar refractivity (Wildman–Crippen MR) is 112 cm³/mol. The molecule has 2 aromatic rings. The van der Waals surface area contributed by atoms with E-state index in [1.807, 2.05) is 0 Å². The van der Waals surface area contributed by atoms with Crippen molar-refractivity contribution >= 4 is 16.2 Å². The number of hydrogen-bond donors (Lipinski definition) is 1. The summed E-state index contributed by atoms with van der Waals surface area (Å²) in [5.41, 5.74) is -5.35. The van der Waals surface area contributed by atoms with Crippen LogP contribution in [0.25, 0.3) is 6.08 Å². The van der Waals surface area contributed by atoms with E-state index in [1.54, 1.807) is 30.3 Å². The summed E-state index contributed by atoms with van der Waals surface area (Å²) in [5, 5.41) is 0. The van der Waals surface area contributed by atoms with Gasteiger partial charge >= 0.3 is 12.4 Å². The van der Waals surface area contributed by atoms with E-state index in [0.717, 1.165) is 19.4 Å². The van der Waals surface area contributed by atoms with Gasteiger partial charge in [-0.2, -0.15) is 34.8 Å². The van der Waals surface area contributed by atoms with E-state index in [1.165, 1.54) is 13.8 Å². The first kappa shape index (κ1) is 27.5. The fraction of sp³-hybridized carbons (Fsp3) is 0.364. The minimum absolute atomic E-state index is 0.329. The van der Waals surface area contributed by atoms with Crippen LogP contribution in [0, 0.1) is 13.8 Å². The predicted octanol–water partition coefficient (Wildman–Crippen LogP) is 6.47. The average molecular weight is 512 g/mol. The Labute approximate surface area is 192 Å². The Morgan fingerprint density at radius 3 is 1.76 bits per heavy atom. The van der Waals surface area contributed by atoms with E-state index in [0.29, 0.717) is 5.75 Å². The molecular weight excluding hydrogens is 490 g/mol. The molecule has 0 saturated carbocycles. The number of rotatable bonds is 7. The second kappa shape index (κ2) is 9.49. The van der Waals surface area contributed by atoms with Crippen molar-refractivity contribution in [1.82, 2.24) is 0 Å². The van der Waals surface area contributed by atoms with E-state index in [9.17, 15) is 39.3 Å². The summed E-state index contributed by atoms with van der Waals surface area (Å²) in [6.07, 6.45) is -12.0. The van der Waals surface area contributed by atoms with E-state index < -0.39 is 67.6 Å². The molecule has 188 valence electrons. The summed E-state index contributed by atoms with van der Waals surface area (Å²) < 4.78 is 127. The van der Waals surface area contributed by atoms with Gasteiger partial charge in [0.15, 0.2) is 0 Å². The van der Waals surface area contributed by atoms with Crippen molar-refractivity contribution < 1.29 is 48.8 Å². The van der Waals surface area contributed by atoms with Crippen molar-refractivity contribution in [3.05, 3.63) is 58.7 Å². The van der Waals surface area contributed by atoms with Crippen LogP contribution in [0.15, 0.2) is 35.7 Å². The molecule has 0 spiro atoms. The zero-order chi connectivity index (χ0) is 26.2. The molecule has 0 heterocycles. The summed E-state index contributed by atoms with van der Waals surface area (Å²) in [6, 6.07) is 6.47. The molecule has 2 unspecified atom stereocenters. The van der Waals surface area contributed by atoms with Crippen LogP contribution in [0.4, 0.5) is 26.3 Å². The van der Waals surface area contributed by atoms with E-state index in [-0.39, 0.29) is 0 Å². The highest BCUT2D eigenvalue weighted by Gasteiger charge is 2.51. The summed E-state index contributed by atoms with van der Waals surface area (Å²) in [5.74, 6) is -0.870. The first-order chi connectivity index (χ1) is 15.4. The van der Waals surface area contributed by atoms with Gasteiger partial charge in [-0.05, 0) is 56.5 Å². The molecule has 0 aliphatic rings. The maximum Gasteiger partial charge on any atom is 0.420 e. The van der Waals surface area contributed by atoms with Crippen LogP contribution in [0.1, 0.15) is 41.7 Å². The van der Waals surface area contributed by atoms with Gasteiger partial charge in [-0.1, -0.05) is 24.8 Å². The number of hydrogen-bond acceptors (Lipinski definition) is 4.